The molecule has 0 spiro atoms. The van der Waals surface area contributed by atoms with Gasteiger partial charge in [-0.3, -0.25) is 13.9 Å². The average molecular weight is 437 g/mol. The van der Waals surface area contributed by atoms with Crippen molar-refractivity contribution in [2.75, 3.05) is 0 Å². The molecule has 7 heteroatoms. The van der Waals surface area contributed by atoms with E-state index in [9.17, 15) is 14.7 Å². The van der Waals surface area contributed by atoms with Crippen LogP contribution in [0.1, 0.15) is 24.3 Å². The van der Waals surface area contributed by atoms with E-state index in [4.69, 9.17) is 4.74 Å². The molecule has 160 valence electrons. The van der Waals surface area contributed by atoms with Gasteiger partial charge in [-0.2, -0.15) is 0 Å². The predicted octanol–water partition coefficient (Wildman–Crippen LogP) is 4.51. The zero-order valence-electron chi connectivity index (χ0n) is 17.7. The van der Waals surface area contributed by atoms with E-state index < -0.39 is 0 Å². The normalized spacial score (nSPS) is 11.4. The number of phenols is 1. The van der Waals surface area contributed by atoms with Gasteiger partial charge in [-0.25, -0.2) is 4.79 Å². The van der Waals surface area contributed by atoms with E-state index in [2.05, 4.69) is 0 Å². The first-order valence-corrected chi connectivity index (χ1v) is 10.9. The van der Waals surface area contributed by atoms with Crippen molar-refractivity contribution in [2.45, 2.75) is 26.8 Å². The third-order valence-corrected chi connectivity index (χ3v) is 6.19. The molecule has 2 aromatic carbocycles. The Kier molecular flexibility index (Phi) is 5.69. The van der Waals surface area contributed by atoms with Gasteiger partial charge in [0, 0.05) is 30.5 Å². The molecule has 0 saturated heterocycles. The van der Waals surface area contributed by atoms with Crippen molar-refractivity contribution < 1.29 is 9.84 Å². The van der Waals surface area contributed by atoms with Crippen LogP contribution in [0.25, 0.3) is 10.2 Å². The Morgan fingerprint density at radius 2 is 1.81 bits per heavy atom. The molecular formula is C24H24N2O4S. The van der Waals surface area contributed by atoms with Crippen LogP contribution in [0.2, 0.25) is 0 Å². The number of benzene rings is 2. The molecule has 0 amide bonds. The van der Waals surface area contributed by atoms with Gasteiger partial charge in [0.1, 0.15) is 10.6 Å². The maximum atomic E-state index is 12.7. The quantitative estimate of drug-likeness (QED) is 0.483. The summed E-state index contributed by atoms with van der Waals surface area (Å²) >= 11 is 1.41. The third-order valence-electron chi connectivity index (χ3n) is 5.03. The maximum Gasteiger partial charge on any atom is 0.331 e. The number of aromatic nitrogens is 2. The molecule has 0 saturated carbocycles. The van der Waals surface area contributed by atoms with E-state index in [0.29, 0.717) is 40.2 Å². The molecule has 0 aliphatic heterocycles. The van der Waals surface area contributed by atoms with Crippen molar-refractivity contribution in [3.63, 3.8) is 0 Å². The van der Waals surface area contributed by atoms with Crippen LogP contribution in [0.4, 0.5) is 0 Å². The maximum absolute atomic E-state index is 12.7. The minimum absolute atomic E-state index is 0.0660. The summed E-state index contributed by atoms with van der Waals surface area (Å²) in [6.07, 6.45) is 0.427. The number of fused-ring (bicyclic) bond motifs is 1. The van der Waals surface area contributed by atoms with Gasteiger partial charge in [0.15, 0.2) is 11.5 Å². The first-order valence-electron chi connectivity index (χ1n) is 10.1. The molecular weight excluding hydrogens is 412 g/mol. The second kappa shape index (κ2) is 8.43. The van der Waals surface area contributed by atoms with Crippen LogP contribution < -0.4 is 16.0 Å². The van der Waals surface area contributed by atoms with Gasteiger partial charge in [-0.15, -0.1) is 11.3 Å². The van der Waals surface area contributed by atoms with Gasteiger partial charge in [0.25, 0.3) is 5.56 Å². The summed E-state index contributed by atoms with van der Waals surface area (Å²) in [4.78, 5) is 26.9. The number of ether oxygens (including phenoxy) is 1. The summed E-state index contributed by atoms with van der Waals surface area (Å²) in [5.41, 5.74) is 0.0863. The van der Waals surface area contributed by atoms with E-state index in [-0.39, 0.29) is 22.9 Å². The standard InChI is InChI=1S/C24H24N2O4S/c1-15(2)14-26-23-19(22(28)25(3)24(26)29)13-18(31-23)12-16-8-7-11-20(21(16)27)30-17-9-5-4-6-10-17/h4-11,13,15,27H,12,14H2,1-3H3. The van der Waals surface area contributed by atoms with Crippen LogP contribution in [0, 0.1) is 5.92 Å². The predicted molar refractivity (Wildman–Crippen MR) is 124 cm³/mol. The fourth-order valence-corrected chi connectivity index (χ4v) is 4.70. The fraction of sp³-hybridized carbons (Fsp3) is 0.250. The first-order chi connectivity index (χ1) is 14.8. The number of thiophene rings is 1. The third kappa shape index (κ3) is 4.14. The van der Waals surface area contributed by atoms with Crippen molar-refractivity contribution in [1.29, 1.82) is 0 Å². The number of aromatic hydroxyl groups is 1. The summed E-state index contributed by atoms with van der Waals surface area (Å²) in [7, 11) is 1.51. The average Bonchev–Trinajstić information content (AvgIpc) is 3.17. The lowest BCUT2D eigenvalue weighted by Crippen LogP contribution is -2.38. The second-order valence-corrected chi connectivity index (χ2v) is 9.05. The smallest absolute Gasteiger partial charge is 0.331 e. The number of hydrogen-bond donors (Lipinski definition) is 1. The number of phenolic OH excluding ortho intramolecular Hbond substituents is 1. The van der Waals surface area contributed by atoms with E-state index in [1.165, 1.54) is 18.4 Å². The van der Waals surface area contributed by atoms with E-state index in [1.54, 1.807) is 10.6 Å². The highest BCUT2D eigenvalue weighted by atomic mass is 32.1. The zero-order chi connectivity index (χ0) is 22.1. The lowest BCUT2D eigenvalue weighted by atomic mass is 10.1. The Morgan fingerprint density at radius 1 is 1.06 bits per heavy atom. The largest absolute Gasteiger partial charge is 0.504 e. The summed E-state index contributed by atoms with van der Waals surface area (Å²) in [6, 6.07) is 16.5. The molecule has 0 unspecified atom stereocenters. The van der Waals surface area contributed by atoms with Crippen molar-refractivity contribution in [3.05, 3.63) is 85.9 Å². The van der Waals surface area contributed by atoms with Gasteiger partial charge in [0.2, 0.25) is 0 Å². The highest BCUT2D eigenvalue weighted by Gasteiger charge is 2.17. The van der Waals surface area contributed by atoms with Crippen LogP contribution in [-0.4, -0.2) is 14.2 Å². The number of nitrogens with zero attached hydrogens (tertiary/aromatic N) is 2. The zero-order valence-corrected chi connectivity index (χ0v) is 18.5. The molecule has 6 nitrogen and oxygen atoms in total. The lowest BCUT2D eigenvalue weighted by molar-refractivity contribution is 0.407. The molecule has 0 fully saturated rings. The van der Waals surface area contributed by atoms with Gasteiger partial charge < -0.3 is 9.84 Å². The molecule has 0 aliphatic carbocycles. The van der Waals surface area contributed by atoms with E-state index >= 15 is 0 Å². The number of rotatable bonds is 6. The second-order valence-electron chi connectivity index (χ2n) is 7.94. The number of hydrogen-bond acceptors (Lipinski definition) is 5. The summed E-state index contributed by atoms with van der Waals surface area (Å²) < 4.78 is 8.65. The molecule has 31 heavy (non-hydrogen) atoms. The molecule has 2 aromatic heterocycles. The Balaban J connectivity index is 1.73. The Morgan fingerprint density at radius 3 is 2.52 bits per heavy atom. The minimum Gasteiger partial charge on any atom is -0.504 e. The Labute approximate surface area is 183 Å². The van der Waals surface area contributed by atoms with Gasteiger partial charge >= 0.3 is 5.69 Å². The topological polar surface area (TPSA) is 73.5 Å². The molecule has 0 atom stereocenters. The van der Waals surface area contributed by atoms with Gasteiger partial charge in [-0.1, -0.05) is 44.2 Å². The lowest BCUT2D eigenvalue weighted by Gasteiger charge is -2.11. The fourth-order valence-electron chi connectivity index (χ4n) is 3.53. The van der Waals surface area contributed by atoms with Gasteiger partial charge in [-0.05, 0) is 30.2 Å². The highest BCUT2D eigenvalue weighted by Crippen LogP contribution is 2.36. The molecule has 0 bridgehead atoms. The van der Waals surface area contributed by atoms with Crippen LogP contribution >= 0.6 is 11.3 Å². The van der Waals surface area contributed by atoms with Crippen molar-refractivity contribution in [2.24, 2.45) is 13.0 Å². The van der Waals surface area contributed by atoms with E-state index in [1.807, 2.05) is 62.4 Å². The molecule has 1 N–H and O–H groups in total. The minimum atomic E-state index is -0.305. The van der Waals surface area contributed by atoms with Crippen molar-refractivity contribution in [1.82, 2.24) is 9.13 Å². The Hall–Kier alpha value is -3.32. The van der Waals surface area contributed by atoms with Crippen LogP contribution in [-0.2, 0) is 20.0 Å². The monoisotopic (exact) mass is 436 g/mol. The summed E-state index contributed by atoms with van der Waals surface area (Å²) in [5, 5.41) is 11.3. The summed E-state index contributed by atoms with van der Waals surface area (Å²) in [5.74, 6) is 1.34. The summed E-state index contributed by atoms with van der Waals surface area (Å²) in [6.45, 7) is 4.61. The number of para-hydroxylation sites is 2. The van der Waals surface area contributed by atoms with Crippen LogP contribution in [0.15, 0.2) is 64.2 Å². The molecule has 0 aliphatic rings. The SMILES string of the molecule is CC(C)Cn1c(=O)n(C)c(=O)c2cc(Cc3cccc(Oc4ccccc4)c3O)sc21. The highest BCUT2D eigenvalue weighted by molar-refractivity contribution is 7.18. The van der Waals surface area contributed by atoms with Crippen molar-refractivity contribution >= 4 is 21.6 Å². The Bertz CT molecular complexity index is 1350. The molecule has 0 radical (unpaired) electrons. The molecule has 4 aromatic rings. The first kappa shape index (κ1) is 20.9. The molecule has 4 rings (SSSR count). The molecule has 2 heterocycles. The van der Waals surface area contributed by atoms with Crippen molar-refractivity contribution in [3.8, 4) is 17.2 Å². The van der Waals surface area contributed by atoms with Crippen LogP contribution in [0.3, 0.4) is 0 Å². The van der Waals surface area contributed by atoms with Gasteiger partial charge in [0.05, 0.1) is 5.39 Å². The van der Waals surface area contributed by atoms with E-state index in [0.717, 1.165) is 9.44 Å². The van der Waals surface area contributed by atoms with Crippen LogP contribution in [0.5, 0.6) is 17.2 Å².